The number of nitrogens with zero attached hydrogens (tertiary/aromatic N) is 1. The van der Waals surface area contributed by atoms with E-state index < -0.39 is 0 Å². The number of carbonyl (C=O) groups excluding carboxylic acids is 1. The largest absolute Gasteiger partial charge is 0.444 e. The molecule has 0 aliphatic carbocycles. The summed E-state index contributed by atoms with van der Waals surface area (Å²) in [7, 11) is 1.75. The van der Waals surface area contributed by atoms with Crippen LogP contribution in [0.25, 0.3) is 0 Å². The Morgan fingerprint density at radius 3 is 3.09 bits per heavy atom. The first kappa shape index (κ1) is 8.11. The average Bonchev–Trinajstić information content (AvgIpc) is 2.28. The number of rotatable bonds is 3. The molecule has 0 aromatic heterocycles. The summed E-state index contributed by atoms with van der Waals surface area (Å²) in [5, 5.41) is 0. The lowest BCUT2D eigenvalue weighted by Gasteiger charge is -2.04. The van der Waals surface area contributed by atoms with Gasteiger partial charge < -0.3 is 9.64 Å². The molecule has 0 saturated carbocycles. The molecule has 1 atom stereocenters. The van der Waals surface area contributed by atoms with Crippen LogP contribution in [-0.2, 0) is 4.74 Å². The van der Waals surface area contributed by atoms with Gasteiger partial charge in [-0.25, -0.2) is 4.79 Å². The van der Waals surface area contributed by atoms with Gasteiger partial charge in [0.1, 0.15) is 6.10 Å². The van der Waals surface area contributed by atoms with Crippen LogP contribution in [0.5, 0.6) is 0 Å². The fourth-order valence-electron chi connectivity index (χ4n) is 1.10. The van der Waals surface area contributed by atoms with Crippen LogP contribution in [0.3, 0.4) is 0 Å². The Balaban J connectivity index is 2.29. The molecule has 1 aliphatic rings. The molecule has 1 heterocycles. The second-order valence-electron chi connectivity index (χ2n) is 2.75. The van der Waals surface area contributed by atoms with E-state index >= 15 is 0 Å². The van der Waals surface area contributed by atoms with Crippen LogP contribution in [0, 0.1) is 0 Å². The van der Waals surface area contributed by atoms with Gasteiger partial charge in [-0.3, -0.25) is 0 Å². The van der Waals surface area contributed by atoms with Gasteiger partial charge in [0.15, 0.2) is 0 Å². The standard InChI is InChI=1S/C8H13NO2/c1-3-4-5-7-6-9(2)8(10)11-7/h3,7H,1,4-6H2,2H3. The van der Waals surface area contributed by atoms with Gasteiger partial charge >= 0.3 is 6.09 Å². The Bertz CT molecular complexity index is 167. The van der Waals surface area contributed by atoms with E-state index in [9.17, 15) is 4.79 Å². The molecule has 0 N–H and O–H groups in total. The highest BCUT2D eigenvalue weighted by Crippen LogP contribution is 2.13. The summed E-state index contributed by atoms with van der Waals surface area (Å²) < 4.78 is 5.01. The van der Waals surface area contributed by atoms with Crippen LogP contribution in [0.4, 0.5) is 4.79 Å². The summed E-state index contributed by atoms with van der Waals surface area (Å²) in [4.78, 5) is 12.4. The molecule has 0 aromatic carbocycles. The predicted octanol–water partition coefficient (Wildman–Crippen LogP) is 1.40. The van der Waals surface area contributed by atoms with Gasteiger partial charge in [-0.15, -0.1) is 6.58 Å². The van der Waals surface area contributed by atoms with Crippen molar-refractivity contribution in [1.82, 2.24) is 4.90 Å². The third kappa shape index (κ3) is 1.97. The van der Waals surface area contributed by atoms with Crippen molar-refractivity contribution in [2.75, 3.05) is 13.6 Å². The number of carbonyl (C=O) groups is 1. The third-order valence-electron chi connectivity index (χ3n) is 1.75. The number of hydrogen-bond acceptors (Lipinski definition) is 2. The molecular weight excluding hydrogens is 142 g/mol. The summed E-state index contributed by atoms with van der Waals surface area (Å²) in [6, 6.07) is 0. The number of ether oxygens (including phenoxy) is 1. The van der Waals surface area contributed by atoms with Crippen LogP contribution < -0.4 is 0 Å². The molecule has 0 bridgehead atoms. The minimum atomic E-state index is -0.209. The topological polar surface area (TPSA) is 29.5 Å². The number of allylic oxidation sites excluding steroid dienone is 1. The number of likely N-dealkylation sites (N-methyl/N-ethyl adjacent to an activating group) is 1. The Hall–Kier alpha value is -0.990. The fraction of sp³-hybridized carbons (Fsp3) is 0.625. The van der Waals surface area contributed by atoms with Gasteiger partial charge in [-0.2, -0.15) is 0 Å². The van der Waals surface area contributed by atoms with E-state index in [-0.39, 0.29) is 12.2 Å². The number of amides is 1. The summed E-state index contributed by atoms with van der Waals surface area (Å²) >= 11 is 0. The maximum atomic E-state index is 10.8. The molecule has 0 spiro atoms. The van der Waals surface area contributed by atoms with Gasteiger partial charge in [0.05, 0.1) is 6.54 Å². The van der Waals surface area contributed by atoms with Gasteiger partial charge in [0, 0.05) is 7.05 Å². The highest BCUT2D eigenvalue weighted by Gasteiger charge is 2.26. The van der Waals surface area contributed by atoms with Crippen molar-refractivity contribution in [1.29, 1.82) is 0 Å². The molecule has 0 radical (unpaired) electrons. The molecule has 1 saturated heterocycles. The maximum absolute atomic E-state index is 10.8. The zero-order valence-electron chi connectivity index (χ0n) is 6.75. The SMILES string of the molecule is C=CCCC1CN(C)C(=O)O1. The van der Waals surface area contributed by atoms with Crippen LogP contribution in [0.15, 0.2) is 12.7 Å². The van der Waals surface area contributed by atoms with Gasteiger partial charge in [-0.05, 0) is 12.8 Å². The van der Waals surface area contributed by atoms with Gasteiger partial charge in [0.25, 0.3) is 0 Å². The van der Waals surface area contributed by atoms with E-state index in [0.29, 0.717) is 6.54 Å². The molecule has 62 valence electrons. The molecule has 1 amide bonds. The van der Waals surface area contributed by atoms with E-state index in [1.54, 1.807) is 11.9 Å². The Labute approximate surface area is 66.6 Å². The molecule has 0 aromatic rings. The Morgan fingerprint density at radius 2 is 2.64 bits per heavy atom. The first-order valence-corrected chi connectivity index (χ1v) is 3.76. The smallest absolute Gasteiger partial charge is 0.409 e. The zero-order chi connectivity index (χ0) is 8.27. The van der Waals surface area contributed by atoms with Crippen LogP contribution in [-0.4, -0.2) is 30.7 Å². The molecule has 3 heteroatoms. The Kier molecular flexibility index (Phi) is 2.52. The van der Waals surface area contributed by atoms with Crippen LogP contribution in [0.2, 0.25) is 0 Å². The minimum absolute atomic E-state index is 0.0745. The molecule has 11 heavy (non-hydrogen) atoms. The van der Waals surface area contributed by atoms with Crippen LogP contribution in [0.1, 0.15) is 12.8 Å². The molecule has 1 rings (SSSR count). The lowest BCUT2D eigenvalue weighted by atomic mass is 10.2. The first-order valence-electron chi connectivity index (χ1n) is 3.76. The van der Waals surface area contributed by atoms with Crippen LogP contribution >= 0.6 is 0 Å². The fourth-order valence-corrected chi connectivity index (χ4v) is 1.10. The second kappa shape index (κ2) is 3.42. The normalized spacial score (nSPS) is 23.5. The van der Waals surface area contributed by atoms with Crippen molar-refractivity contribution >= 4 is 6.09 Å². The minimum Gasteiger partial charge on any atom is -0.444 e. The lowest BCUT2D eigenvalue weighted by Crippen LogP contribution is -2.19. The van der Waals surface area contributed by atoms with Gasteiger partial charge in [0.2, 0.25) is 0 Å². The van der Waals surface area contributed by atoms with Crippen molar-refractivity contribution in [2.45, 2.75) is 18.9 Å². The van der Waals surface area contributed by atoms with E-state index in [0.717, 1.165) is 12.8 Å². The summed E-state index contributed by atoms with van der Waals surface area (Å²) in [6.45, 7) is 4.32. The monoisotopic (exact) mass is 155 g/mol. The van der Waals surface area contributed by atoms with Crippen molar-refractivity contribution in [3.8, 4) is 0 Å². The maximum Gasteiger partial charge on any atom is 0.409 e. The lowest BCUT2D eigenvalue weighted by molar-refractivity contribution is 0.131. The molecule has 1 unspecified atom stereocenters. The summed E-state index contributed by atoms with van der Waals surface area (Å²) in [5.74, 6) is 0. The molecule has 1 fully saturated rings. The van der Waals surface area contributed by atoms with E-state index in [2.05, 4.69) is 6.58 Å². The van der Waals surface area contributed by atoms with E-state index in [4.69, 9.17) is 4.74 Å². The number of cyclic esters (lactones) is 1. The summed E-state index contributed by atoms with van der Waals surface area (Å²) in [5.41, 5.74) is 0. The summed E-state index contributed by atoms with van der Waals surface area (Å²) in [6.07, 6.45) is 3.50. The first-order chi connectivity index (χ1) is 5.24. The van der Waals surface area contributed by atoms with E-state index in [1.807, 2.05) is 6.08 Å². The molecule has 1 aliphatic heterocycles. The predicted molar refractivity (Wildman–Crippen MR) is 42.3 cm³/mol. The van der Waals surface area contributed by atoms with Crippen molar-refractivity contribution in [2.24, 2.45) is 0 Å². The third-order valence-corrected chi connectivity index (χ3v) is 1.75. The second-order valence-corrected chi connectivity index (χ2v) is 2.75. The van der Waals surface area contributed by atoms with Crippen molar-refractivity contribution in [3.63, 3.8) is 0 Å². The highest BCUT2D eigenvalue weighted by atomic mass is 16.6. The Morgan fingerprint density at radius 1 is 1.91 bits per heavy atom. The molecule has 3 nitrogen and oxygen atoms in total. The highest BCUT2D eigenvalue weighted by molar-refractivity contribution is 5.69. The zero-order valence-corrected chi connectivity index (χ0v) is 6.75. The molecular formula is C8H13NO2. The van der Waals surface area contributed by atoms with Crippen molar-refractivity contribution < 1.29 is 9.53 Å². The quantitative estimate of drug-likeness (QED) is 0.576. The average molecular weight is 155 g/mol. The number of hydrogen-bond donors (Lipinski definition) is 0. The van der Waals surface area contributed by atoms with Crippen molar-refractivity contribution in [3.05, 3.63) is 12.7 Å². The van der Waals surface area contributed by atoms with Gasteiger partial charge in [-0.1, -0.05) is 6.08 Å². The van der Waals surface area contributed by atoms with E-state index in [1.165, 1.54) is 0 Å².